The van der Waals surface area contributed by atoms with E-state index in [2.05, 4.69) is 29.3 Å². The summed E-state index contributed by atoms with van der Waals surface area (Å²) in [7, 11) is 3.72. The topological polar surface area (TPSA) is 21.3 Å². The lowest BCUT2D eigenvalue weighted by Gasteiger charge is -2.14. The van der Waals surface area contributed by atoms with Crippen LogP contribution in [0.25, 0.3) is 0 Å². The fourth-order valence-corrected chi connectivity index (χ4v) is 1.94. The van der Waals surface area contributed by atoms with Crippen LogP contribution in [0.3, 0.4) is 0 Å². The van der Waals surface area contributed by atoms with Gasteiger partial charge in [0.1, 0.15) is 5.75 Å². The normalized spacial score (nSPS) is 11.5. The Balaban J connectivity index is 2.38. The third-order valence-electron chi connectivity index (χ3n) is 3.14. The molecule has 1 aromatic carbocycles. The van der Waals surface area contributed by atoms with Crippen molar-refractivity contribution in [2.45, 2.75) is 38.6 Å². The van der Waals surface area contributed by atoms with Crippen LogP contribution >= 0.6 is 0 Å². The SMILES string of the molecule is CC#CCCC(CCc1ccc(OC)cc1)NC. The Bertz CT molecular complexity index is 386. The number of benzene rings is 1. The summed E-state index contributed by atoms with van der Waals surface area (Å²) in [6, 6.07) is 8.86. The van der Waals surface area contributed by atoms with Gasteiger partial charge in [-0.15, -0.1) is 11.8 Å². The first kappa shape index (κ1) is 14.6. The largest absolute Gasteiger partial charge is 0.497 e. The monoisotopic (exact) mass is 245 g/mol. The number of ether oxygens (including phenoxy) is 1. The average molecular weight is 245 g/mol. The van der Waals surface area contributed by atoms with Gasteiger partial charge >= 0.3 is 0 Å². The van der Waals surface area contributed by atoms with E-state index in [9.17, 15) is 0 Å². The molecule has 0 saturated heterocycles. The molecule has 0 fully saturated rings. The molecule has 0 spiro atoms. The number of nitrogens with one attached hydrogen (secondary N) is 1. The van der Waals surface area contributed by atoms with E-state index >= 15 is 0 Å². The summed E-state index contributed by atoms with van der Waals surface area (Å²) >= 11 is 0. The molecule has 1 N–H and O–H groups in total. The standard InChI is InChI=1S/C16H23NO/c1-4-5-6-7-15(17-2)11-8-14-9-12-16(18-3)13-10-14/h9-10,12-13,15,17H,6-8,11H2,1-3H3. The van der Waals surface area contributed by atoms with E-state index in [1.165, 1.54) is 5.56 Å². The molecule has 0 amide bonds. The zero-order chi connectivity index (χ0) is 13.2. The van der Waals surface area contributed by atoms with Gasteiger partial charge in [-0.25, -0.2) is 0 Å². The maximum atomic E-state index is 5.15. The number of methoxy groups -OCH3 is 1. The summed E-state index contributed by atoms with van der Waals surface area (Å²) in [6.07, 6.45) is 4.33. The maximum absolute atomic E-state index is 5.15. The van der Waals surface area contributed by atoms with Crippen LogP contribution in [0.2, 0.25) is 0 Å². The number of aryl methyl sites for hydroxylation is 1. The maximum Gasteiger partial charge on any atom is 0.118 e. The van der Waals surface area contributed by atoms with E-state index in [4.69, 9.17) is 4.74 Å². The fourth-order valence-electron chi connectivity index (χ4n) is 1.94. The molecule has 1 unspecified atom stereocenters. The Kier molecular flexibility index (Phi) is 6.98. The van der Waals surface area contributed by atoms with Gasteiger partial charge in [0, 0.05) is 12.5 Å². The van der Waals surface area contributed by atoms with Crippen molar-refractivity contribution in [2.24, 2.45) is 0 Å². The van der Waals surface area contributed by atoms with Crippen molar-refractivity contribution in [1.29, 1.82) is 0 Å². The van der Waals surface area contributed by atoms with Crippen LogP contribution in [0.1, 0.15) is 31.7 Å². The van der Waals surface area contributed by atoms with Crippen LogP contribution < -0.4 is 10.1 Å². The summed E-state index contributed by atoms with van der Waals surface area (Å²) < 4.78 is 5.15. The number of hydrogen-bond acceptors (Lipinski definition) is 2. The van der Waals surface area contributed by atoms with Crippen molar-refractivity contribution < 1.29 is 4.74 Å². The molecular formula is C16H23NO. The van der Waals surface area contributed by atoms with Crippen LogP contribution in [-0.2, 0) is 6.42 Å². The van der Waals surface area contributed by atoms with Gasteiger partial charge in [0.25, 0.3) is 0 Å². The predicted octanol–water partition coefficient (Wildman–Crippen LogP) is 3.02. The second-order valence-corrected chi connectivity index (χ2v) is 4.34. The van der Waals surface area contributed by atoms with Crippen molar-refractivity contribution in [1.82, 2.24) is 5.32 Å². The average Bonchev–Trinajstić information content (AvgIpc) is 2.43. The van der Waals surface area contributed by atoms with E-state index in [-0.39, 0.29) is 0 Å². The number of hydrogen-bond donors (Lipinski definition) is 1. The van der Waals surface area contributed by atoms with Crippen molar-refractivity contribution in [3.05, 3.63) is 29.8 Å². The highest BCUT2D eigenvalue weighted by molar-refractivity contribution is 5.27. The van der Waals surface area contributed by atoms with Crippen LogP contribution in [0.4, 0.5) is 0 Å². The molecule has 98 valence electrons. The van der Waals surface area contributed by atoms with Gasteiger partial charge in [-0.3, -0.25) is 0 Å². The molecule has 0 bridgehead atoms. The van der Waals surface area contributed by atoms with E-state index in [1.54, 1.807) is 7.11 Å². The highest BCUT2D eigenvalue weighted by Crippen LogP contribution is 2.14. The Labute approximate surface area is 111 Å². The van der Waals surface area contributed by atoms with Gasteiger partial charge in [0.15, 0.2) is 0 Å². The summed E-state index contributed by atoms with van der Waals surface area (Å²) in [6.45, 7) is 1.89. The predicted molar refractivity (Wildman–Crippen MR) is 76.8 cm³/mol. The van der Waals surface area contributed by atoms with Crippen molar-refractivity contribution in [3.63, 3.8) is 0 Å². The molecule has 1 aromatic rings. The smallest absolute Gasteiger partial charge is 0.118 e. The molecule has 1 rings (SSSR count). The van der Waals surface area contributed by atoms with Gasteiger partial charge in [-0.2, -0.15) is 0 Å². The van der Waals surface area contributed by atoms with Gasteiger partial charge in [0.05, 0.1) is 7.11 Å². The third kappa shape index (κ3) is 5.25. The van der Waals surface area contributed by atoms with Gasteiger partial charge < -0.3 is 10.1 Å². The molecule has 18 heavy (non-hydrogen) atoms. The minimum atomic E-state index is 0.549. The van der Waals surface area contributed by atoms with Crippen LogP contribution in [0.5, 0.6) is 5.75 Å². The van der Waals surface area contributed by atoms with Crippen molar-refractivity contribution in [3.8, 4) is 17.6 Å². The lowest BCUT2D eigenvalue weighted by Crippen LogP contribution is -2.25. The molecule has 0 heterocycles. The molecule has 0 aromatic heterocycles. The zero-order valence-electron chi connectivity index (χ0n) is 11.6. The first-order valence-corrected chi connectivity index (χ1v) is 6.50. The Morgan fingerprint density at radius 1 is 1.22 bits per heavy atom. The summed E-state index contributed by atoms with van der Waals surface area (Å²) in [5, 5.41) is 3.36. The van der Waals surface area contributed by atoms with E-state index in [0.717, 1.165) is 31.4 Å². The third-order valence-corrected chi connectivity index (χ3v) is 3.14. The van der Waals surface area contributed by atoms with E-state index in [0.29, 0.717) is 6.04 Å². The highest BCUT2D eigenvalue weighted by atomic mass is 16.5. The van der Waals surface area contributed by atoms with E-state index in [1.807, 2.05) is 26.1 Å². The van der Waals surface area contributed by atoms with Gasteiger partial charge in [-0.05, 0) is 50.9 Å². The lowest BCUT2D eigenvalue weighted by molar-refractivity contribution is 0.414. The van der Waals surface area contributed by atoms with Gasteiger partial charge in [-0.1, -0.05) is 12.1 Å². The summed E-state index contributed by atoms with van der Waals surface area (Å²) in [5.74, 6) is 6.98. The Morgan fingerprint density at radius 3 is 2.50 bits per heavy atom. The molecule has 1 atom stereocenters. The van der Waals surface area contributed by atoms with Crippen molar-refractivity contribution in [2.75, 3.05) is 14.2 Å². The lowest BCUT2D eigenvalue weighted by atomic mass is 10.0. The Morgan fingerprint density at radius 2 is 1.94 bits per heavy atom. The number of rotatable bonds is 7. The molecule has 0 aliphatic heterocycles. The van der Waals surface area contributed by atoms with Crippen molar-refractivity contribution >= 4 is 0 Å². The Hall–Kier alpha value is -1.46. The molecule has 0 aliphatic rings. The minimum absolute atomic E-state index is 0.549. The van der Waals surface area contributed by atoms with Crippen LogP contribution in [0.15, 0.2) is 24.3 Å². The zero-order valence-corrected chi connectivity index (χ0v) is 11.6. The molecule has 2 nitrogen and oxygen atoms in total. The van der Waals surface area contributed by atoms with E-state index < -0.39 is 0 Å². The van der Waals surface area contributed by atoms with Gasteiger partial charge in [0.2, 0.25) is 0 Å². The molecule has 2 heteroatoms. The summed E-state index contributed by atoms with van der Waals surface area (Å²) in [4.78, 5) is 0. The first-order valence-electron chi connectivity index (χ1n) is 6.50. The molecular weight excluding hydrogens is 222 g/mol. The highest BCUT2D eigenvalue weighted by Gasteiger charge is 2.05. The molecule has 0 saturated carbocycles. The van der Waals surface area contributed by atoms with Crippen LogP contribution in [0, 0.1) is 11.8 Å². The first-order chi connectivity index (χ1) is 8.80. The second kappa shape index (κ2) is 8.60. The minimum Gasteiger partial charge on any atom is -0.497 e. The molecule has 0 aliphatic carbocycles. The second-order valence-electron chi connectivity index (χ2n) is 4.34. The summed E-state index contributed by atoms with van der Waals surface area (Å²) in [5.41, 5.74) is 1.36. The van der Waals surface area contributed by atoms with Crippen LogP contribution in [-0.4, -0.2) is 20.2 Å². The molecule has 0 radical (unpaired) electrons. The fraction of sp³-hybridized carbons (Fsp3) is 0.500. The quantitative estimate of drug-likeness (QED) is 0.746.